The third-order valence-electron chi connectivity index (χ3n) is 3.00. The predicted molar refractivity (Wildman–Crippen MR) is 81.6 cm³/mol. The van der Waals surface area contributed by atoms with E-state index < -0.39 is 10.0 Å². The van der Waals surface area contributed by atoms with E-state index in [0.717, 1.165) is 6.42 Å². The monoisotopic (exact) mass is 318 g/mol. The van der Waals surface area contributed by atoms with Gasteiger partial charge in [0.15, 0.2) is 0 Å². The largest absolute Gasteiger partial charge is 0.447 e. The molecule has 0 spiro atoms. The summed E-state index contributed by atoms with van der Waals surface area (Å²) in [5.41, 5.74) is 0. The van der Waals surface area contributed by atoms with Crippen molar-refractivity contribution in [2.45, 2.75) is 44.9 Å². The van der Waals surface area contributed by atoms with Crippen molar-refractivity contribution in [3.05, 3.63) is 17.9 Å². The first-order valence-corrected chi connectivity index (χ1v) is 8.67. The lowest BCUT2D eigenvalue weighted by Gasteiger charge is -2.23. The van der Waals surface area contributed by atoms with Crippen molar-refractivity contribution < 1.29 is 17.6 Å². The van der Waals surface area contributed by atoms with Crippen molar-refractivity contribution in [1.82, 2.24) is 9.62 Å². The first-order chi connectivity index (χ1) is 9.93. The second kappa shape index (κ2) is 8.53. The van der Waals surface area contributed by atoms with Gasteiger partial charge in [0.2, 0.25) is 5.09 Å². The number of ether oxygens (including phenoxy) is 1. The van der Waals surface area contributed by atoms with E-state index in [9.17, 15) is 8.42 Å². The van der Waals surface area contributed by atoms with Gasteiger partial charge in [0.05, 0.1) is 13.2 Å². The summed E-state index contributed by atoms with van der Waals surface area (Å²) in [6.45, 7) is 7.94. The van der Waals surface area contributed by atoms with Crippen molar-refractivity contribution in [2.75, 3.05) is 26.8 Å². The molecular weight excluding hydrogens is 292 g/mol. The van der Waals surface area contributed by atoms with Gasteiger partial charge in [-0.25, -0.2) is 8.42 Å². The van der Waals surface area contributed by atoms with Crippen LogP contribution in [0.5, 0.6) is 0 Å². The van der Waals surface area contributed by atoms with Gasteiger partial charge in [0.1, 0.15) is 5.76 Å². The van der Waals surface area contributed by atoms with Crippen molar-refractivity contribution in [1.29, 1.82) is 0 Å². The second-order valence-corrected chi connectivity index (χ2v) is 6.92. The molecule has 0 saturated carbocycles. The number of hydrogen-bond acceptors (Lipinski definition) is 5. The van der Waals surface area contributed by atoms with Crippen LogP contribution in [0, 0.1) is 0 Å². The van der Waals surface area contributed by atoms with Gasteiger partial charge in [0.25, 0.3) is 10.0 Å². The van der Waals surface area contributed by atoms with Crippen LogP contribution in [0.1, 0.15) is 33.0 Å². The summed E-state index contributed by atoms with van der Waals surface area (Å²) < 4.78 is 37.0. The van der Waals surface area contributed by atoms with E-state index >= 15 is 0 Å². The average molecular weight is 318 g/mol. The molecule has 1 aromatic heterocycles. The SMILES string of the molecule is CCCN(C(C)C)S(=O)(=O)c1ccc(CNCCOC)o1. The maximum atomic E-state index is 12.5. The molecule has 6 nitrogen and oxygen atoms in total. The molecule has 0 aliphatic carbocycles. The molecule has 1 rings (SSSR count). The Hall–Kier alpha value is -0.890. The van der Waals surface area contributed by atoms with E-state index in [-0.39, 0.29) is 11.1 Å². The van der Waals surface area contributed by atoms with Gasteiger partial charge in [0, 0.05) is 26.2 Å². The number of nitrogens with one attached hydrogen (secondary N) is 1. The first kappa shape index (κ1) is 18.2. The Bertz CT molecular complexity index is 511. The van der Waals surface area contributed by atoms with Crippen LogP contribution in [0.15, 0.2) is 21.6 Å². The normalized spacial score (nSPS) is 12.5. The molecule has 7 heteroatoms. The lowest BCUT2D eigenvalue weighted by Crippen LogP contribution is -2.37. The minimum absolute atomic E-state index is 0.00758. The maximum absolute atomic E-state index is 12.5. The van der Waals surface area contributed by atoms with Crippen LogP contribution in [0.3, 0.4) is 0 Å². The fraction of sp³-hybridized carbons (Fsp3) is 0.714. The highest BCUT2D eigenvalue weighted by Gasteiger charge is 2.29. The Morgan fingerprint density at radius 3 is 2.67 bits per heavy atom. The van der Waals surface area contributed by atoms with Crippen molar-refractivity contribution in [3.8, 4) is 0 Å². The summed E-state index contributed by atoms with van der Waals surface area (Å²) in [7, 11) is -1.93. The number of nitrogens with zero attached hydrogens (tertiary/aromatic N) is 1. The Kier molecular flexibility index (Phi) is 7.37. The van der Waals surface area contributed by atoms with Crippen LogP contribution in [-0.2, 0) is 21.3 Å². The highest BCUT2D eigenvalue weighted by molar-refractivity contribution is 7.89. The van der Waals surface area contributed by atoms with Gasteiger partial charge in [-0.2, -0.15) is 4.31 Å². The zero-order valence-corrected chi connectivity index (χ0v) is 14.1. The number of methoxy groups -OCH3 is 1. The second-order valence-electron chi connectivity index (χ2n) is 5.10. The molecule has 0 unspecified atom stereocenters. The van der Waals surface area contributed by atoms with Crippen LogP contribution in [0.4, 0.5) is 0 Å². The summed E-state index contributed by atoms with van der Waals surface area (Å²) in [4.78, 5) is 0. The van der Waals surface area contributed by atoms with Gasteiger partial charge >= 0.3 is 0 Å². The molecule has 122 valence electrons. The fourth-order valence-corrected chi connectivity index (χ4v) is 3.63. The molecule has 0 bridgehead atoms. The molecule has 0 fully saturated rings. The molecule has 1 N–H and O–H groups in total. The number of furan rings is 1. The van der Waals surface area contributed by atoms with Crippen molar-refractivity contribution in [3.63, 3.8) is 0 Å². The van der Waals surface area contributed by atoms with Gasteiger partial charge in [-0.3, -0.25) is 0 Å². The molecule has 0 aromatic carbocycles. The van der Waals surface area contributed by atoms with E-state index in [4.69, 9.17) is 9.15 Å². The third-order valence-corrected chi connectivity index (χ3v) is 4.95. The summed E-state index contributed by atoms with van der Waals surface area (Å²) in [6, 6.07) is 3.12. The third kappa shape index (κ3) is 5.10. The molecule has 0 amide bonds. The van der Waals surface area contributed by atoms with Gasteiger partial charge in [-0.05, 0) is 32.4 Å². The van der Waals surface area contributed by atoms with Crippen LogP contribution < -0.4 is 5.32 Å². The zero-order chi connectivity index (χ0) is 15.9. The maximum Gasteiger partial charge on any atom is 0.276 e. The van der Waals surface area contributed by atoms with Crippen LogP contribution in [0.25, 0.3) is 0 Å². The van der Waals surface area contributed by atoms with E-state index in [0.29, 0.717) is 32.0 Å². The molecule has 0 atom stereocenters. The topological polar surface area (TPSA) is 71.8 Å². The van der Waals surface area contributed by atoms with E-state index in [1.165, 1.54) is 10.4 Å². The van der Waals surface area contributed by atoms with Crippen LogP contribution in [-0.4, -0.2) is 45.6 Å². The highest BCUT2D eigenvalue weighted by Crippen LogP contribution is 2.21. The molecule has 21 heavy (non-hydrogen) atoms. The molecule has 0 radical (unpaired) electrons. The molecule has 1 heterocycles. The molecular formula is C14H26N2O4S. The minimum atomic E-state index is -3.56. The Labute approximate surface area is 127 Å². The van der Waals surface area contributed by atoms with Crippen LogP contribution >= 0.6 is 0 Å². The Balaban J connectivity index is 2.77. The highest BCUT2D eigenvalue weighted by atomic mass is 32.2. The zero-order valence-electron chi connectivity index (χ0n) is 13.3. The quantitative estimate of drug-likeness (QED) is 0.666. The van der Waals surface area contributed by atoms with Crippen LogP contribution in [0.2, 0.25) is 0 Å². The number of hydrogen-bond donors (Lipinski definition) is 1. The molecule has 0 aliphatic rings. The van der Waals surface area contributed by atoms with Crippen molar-refractivity contribution >= 4 is 10.0 Å². The Morgan fingerprint density at radius 2 is 2.10 bits per heavy atom. The van der Waals surface area contributed by atoms with Gasteiger partial charge in [-0.15, -0.1) is 0 Å². The molecule has 0 saturated heterocycles. The summed E-state index contributed by atoms with van der Waals surface area (Å²) in [6.07, 6.45) is 0.767. The lowest BCUT2D eigenvalue weighted by atomic mass is 10.4. The van der Waals surface area contributed by atoms with E-state index in [2.05, 4.69) is 5.32 Å². The number of rotatable bonds is 10. The summed E-state index contributed by atoms with van der Waals surface area (Å²) >= 11 is 0. The first-order valence-electron chi connectivity index (χ1n) is 7.23. The average Bonchev–Trinajstić information content (AvgIpc) is 2.90. The van der Waals surface area contributed by atoms with E-state index in [1.807, 2.05) is 20.8 Å². The summed E-state index contributed by atoms with van der Waals surface area (Å²) in [5.74, 6) is 0.602. The lowest BCUT2D eigenvalue weighted by molar-refractivity contribution is 0.198. The fourth-order valence-electron chi connectivity index (χ4n) is 1.97. The molecule has 0 aliphatic heterocycles. The summed E-state index contributed by atoms with van der Waals surface area (Å²) in [5, 5.41) is 3.12. The molecule has 1 aromatic rings. The predicted octanol–water partition coefficient (Wildman–Crippen LogP) is 1.82. The van der Waals surface area contributed by atoms with Gasteiger partial charge < -0.3 is 14.5 Å². The number of sulfonamides is 1. The smallest absolute Gasteiger partial charge is 0.276 e. The minimum Gasteiger partial charge on any atom is -0.447 e. The van der Waals surface area contributed by atoms with E-state index in [1.54, 1.807) is 13.2 Å². The Morgan fingerprint density at radius 1 is 1.38 bits per heavy atom. The standard InChI is InChI=1S/C14H26N2O4S/c1-5-9-16(12(2)3)21(17,18)14-7-6-13(20-14)11-15-8-10-19-4/h6-7,12,15H,5,8-11H2,1-4H3. The van der Waals surface area contributed by atoms with Crippen molar-refractivity contribution in [2.24, 2.45) is 0 Å². The van der Waals surface area contributed by atoms with Gasteiger partial charge in [-0.1, -0.05) is 6.92 Å².